The van der Waals surface area contributed by atoms with E-state index in [1.807, 2.05) is 30.6 Å². The Hall–Kier alpha value is -2.37. The first kappa shape index (κ1) is 13.1. The first-order chi connectivity index (χ1) is 9.07. The third-order valence-electron chi connectivity index (χ3n) is 2.31. The highest BCUT2D eigenvalue weighted by atomic mass is 19.4. The van der Waals surface area contributed by atoms with Gasteiger partial charge in [0.25, 0.3) is 0 Å². The second-order valence-electron chi connectivity index (χ2n) is 3.64. The summed E-state index contributed by atoms with van der Waals surface area (Å²) >= 11 is 0. The average Bonchev–Trinajstić information content (AvgIpc) is 2.93. The molecule has 19 heavy (non-hydrogen) atoms. The summed E-state index contributed by atoms with van der Waals surface area (Å²) in [4.78, 5) is 4.01. The van der Waals surface area contributed by atoms with Crippen molar-refractivity contribution < 1.29 is 13.2 Å². The van der Waals surface area contributed by atoms with Gasteiger partial charge >= 0.3 is 6.30 Å². The van der Waals surface area contributed by atoms with E-state index < -0.39 is 6.30 Å². The van der Waals surface area contributed by atoms with Crippen LogP contribution in [0.2, 0.25) is 0 Å². The van der Waals surface area contributed by atoms with Crippen molar-refractivity contribution in [3.8, 4) is 0 Å². The van der Waals surface area contributed by atoms with Gasteiger partial charge in [-0.25, -0.2) is 0 Å². The van der Waals surface area contributed by atoms with Crippen LogP contribution in [-0.2, 0) is 6.30 Å². The normalized spacial score (nSPS) is 10.9. The molecule has 0 radical (unpaired) electrons. The average molecular weight is 265 g/mol. The van der Waals surface area contributed by atoms with Crippen molar-refractivity contribution >= 4 is 10.8 Å². The second-order valence-corrected chi connectivity index (χ2v) is 3.64. The Balaban J connectivity index is 0.000000141. The molecule has 0 aliphatic carbocycles. The maximum atomic E-state index is 11.5. The Labute approximate surface area is 107 Å². The van der Waals surface area contributed by atoms with Gasteiger partial charge in [0.1, 0.15) is 0 Å². The largest absolute Gasteiger partial charge is 0.504 e. The molecule has 0 saturated heterocycles. The van der Waals surface area contributed by atoms with Gasteiger partial charge < -0.3 is 0 Å². The lowest BCUT2D eigenvalue weighted by Gasteiger charge is -2.03. The van der Waals surface area contributed by atoms with E-state index >= 15 is 0 Å². The number of benzene rings is 1. The summed E-state index contributed by atoms with van der Waals surface area (Å²) in [5.41, 5.74) is 0. The van der Waals surface area contributed by atoms with Gasteiger partial charge in [-0.05, 0) is 22.9 Å². The maximum Gasteiger partial charge on any atom is 0.504 e. The first-order valence-electron chi connectivity index (χ1n) is 5.43. The van der Waals surface area contributed by atoms with E-state index in [0.717, 1.165) is 12.4 Å². The van der Waals surface area contributed by atoms with Crippen LogP contribution in [0.5, 0.6) is 0 Å². The van der Waals surface area contributed by atoms with Crippen LogP contribution in [0.1, 0.15) is 0 Å². The van der Waals surface area contributed by atoms with Crippen molar-refractivity contribution in [3.05, 3.63) is 61.2 Å². The minimum Gasteiger partial charge on any atom is -0.264 e. The molecule has 3 rings (SSSR count). The van der Waals surface area contributed by atoms with Crippen LogP contribution < -0.4 is 0 Å². The maximum absolute atomic E-state index is 11.5. The van der Waals surface area contributed by atoms with Gasteiger partial charge in [-0.2, -0.15) is 9.78 Å². The van der Waals surface area contributed by atoms with Crippen LogP contribution in [0.15, 0.2) is 61.2 Å². The molecule has 0 bridgehead atoms. The second kappa shape index (κ2) is 5.51. The summed E-state index contributed by atoms with van der Waals surface area (Å²) < 4.78 is 34.5. The molecule has 1 aromatic carbocycles. The van der Waals surface area contributed by atoms with Gasteiger partial charge in [0, 0.05) is 24.8 Å². The van der Waals surface area contributed by atoms with Crippen LogP contribution in [0.25, 0.3) is 10.8 Å². The van der Waals surface area contributed by atoms with Crippen LogP contribution in [-0.4, -0.2) is 14.8 Å². The summed E-state index contributed by atoms with van der Waals surface area (Å²) in [5, 5.41) is 5.43. The highest BCUT2D eigenvalue weighted by Gasteiger charge is 2.30. The molecule has 0 aliphatic rings. The Morgan fingerprint density at radius 3 is 2.16 bits per heavy atom. The van der Waals surface area contributed by atoms with Gasteiger partial charge in [-0.1, -0.05) is 24.3 Å². The molecule has 2 heterocycles. The molecule has 0 N–H and O–H groups in total. The lowest BCUT2D eigenvalue weighted by Crippen LogP contribution is -2.16. The van der Waals surface area contributed by atoms with E-state index in [1.54, 1.807) is 0 Å². The third-order valence-corrected chi connectivity index (χ3v) is 2.31. The highest BCUT2D eigenvalue weighted by molar-refractivity contribution is 5.80. The molecule has 3 nitrogen and oxygen atoms in total. The van der Waals surface area contributed by atoms with Gasteiger partial charge in [0.2, 0.25) is 0 Å². The van der Waals surface area contributed by atoms with Crippen molar-refractivity contribution in [2.75, 3.05) is 0 Å². The zero-order valence-corrected chi connectivity index (χ0v) is 9.75. The first-order valence-corrected chi connectivity index (χ1v) is 5.43. The van der Waals surface area contributed by atoms with Gasteiger partial charge in [0.05, 0.1) is 0 Å². The lowest BCUT2D eigenvalue weighted by molar-refractivity contribution is -0.212. The molecular weight excluding hydrogens is 255 g/mol. The Morgan fingerprint density at radius 1 is 0.895 bits per heavy atom. The zero-order chi connectivity index (χ0) is 13.7. The SMILES string of the molecule is FC(F)(F)n1cccn1.c1ccc2cnccc2c1. The van der Waals surface area contributed by atoms with Crippen LogP contribution in [0.4, 0.5) is 13.2 Å². The molecule has 0 saturated carbocycles. The van der Waals surface area contributed by atoms with Crippen molar-refractivity contribution in [1.82, 2.24) is 14.8 Å². The number of pyridine rings is 1. The minimum absolute atomic E-state index is 0.0625. The molecule has 0 spiro atoms. The molecule has 0 aliphatic heterocycles. The predicted octanol–water partition coefficient (Wildman–Crippen LogP) is 3.59. The fourth-order valence-electron chi connectivity index (χ4n) is 1.45. The van der Waals surface area contributed by atoms with Gasteiger partial charge in [0.15, 0.2) is 0 Å². The van der Waals surface area contributed by atoms with E-state index in [9.17, 15) is 13.2 Å². The molecule has 0 amide bonds. The number of nitrogens with zero attached hydrogens (tertiary/aromatic N) is 3. The fraction of sp³-hybridized carbons (Fsp3) is 0.0769. The standard InChI is InChI=1S/C9H7N.C4H3F3N2/c1-2-4-9-7-10-6-5-8(9)3-1;5-4(6,7)9-3-1-2-8-9/h1-7H;1-3H. The van der Waals surface area contributed by atoms with Crippen molar-refractivity contribution in [3.63, 3.8) is 0 Å². The summed E-state index contributed by atoms with van der Waals surface area (Å²) in [7, 11) is 0. The molecular formula is C13H10F3N3. The number of rotatable bonds is 0. The molecule has 0 unspecified atom stereocenters. The number of fused-ring (bicyclic) bond motifs is 1. The number of aromatic nitrogens is 3. The van der Waals surface area contributed by atoms with Crippen molar-refractivity contribution in [2.45, 2.75) is 6.30 Å². The van der Waals surface area contributed by atoms with Crippen LogP contribution in [0.3, 0.4) is 0 Å². The number of hydrogen-bond donors (Lipinski definition) is 0. The summed E-state index contributed by atoms with van der Waals surface area (Å²) in [6.45, 7) is 0. The molecule has 0 fully saturated rings. The summed E-state index contributed by atoms with van der Waals surface area (Å²) in [6.07, 6.45) is 1.23. The predicted molar refractivity (Wildman–Crippen MR) is 65.3 cm³/mol. The van der Waals surface area contributed by atoms with E-state index in [2.05, 4.69) is 22.2 Å². The van der Waals surface area contributed by atoms with E-state index in [1.165, 1.54) is 16.8 Å². The fourth-order valence-corrected chi connectivity index (χ4v) is 1.45. The number of halogens is 3. The van der Waals surface area contributed by atoms with E-state index in [4.69, 9.17) is 0 Å². The summed E-state index contributed by atoms with van der Waals surface area (Å²) in [6, 6.07) is 11.4. The summed E-state index contributed by atoms with van der Waals surface area (Å²) in [5.74, 6) is 0. The van der Waals surface area contributed by atoms with Crippen LogP contribution in [0, 0.1) is 0 Å². The molecule has 6 heteroatoms. The van der Waals surface area contributed by atoms with Gasteiger partial charge in [-0.3, -0.25) is 4.98 Å². The van der Waals surface area contributed by atoms with Gasteiger partial charge in [-0.15, -0.1) is 13.2 Å². The van der Waals surface area contributed by atoms with E-state index in [0.29, 0.717) is 0 Å². The Morgan fingerprint density at radius 2 is 1.63 bits per heavy atom. The zero-order valence-electron chi connectivity index (χ0n) is 9.75. The number of alkyl halides is 3. The molecule has 98 valence electrons. The third kappa shape index (κ3) is 3.54. The quantitative estimate of drug-likeness (QED) is 0.622. The Kier molecular flexibility index (Phi) is 3.79. The molecule has 0 atom stereocenters. The Bertz CT molecular complexity index is 567. The lowest BCUT2D eigenvalue weighted by atomic mass is 10.2. The number of hydrogen-bond acceptors (Lipinski definition) is 2. The minimum atomic E-state index is -4.37. The monoisotopic (exact) mass is 265 g/mol. The van der Waals surface area contributed by atoms with E-state index in [-0.39, 0.29) is 4.68 Å². The highest BCUT2D eigenvalue weighted by Crippen LogP contribution is 2.19. The smallest absolute Gasteiger partial charge is 0.264 e. The van der Waals surface area contributed by atoms with Crippen LogP contribution >= 0.6 is 0 Å². The topological polar surface area (TPSA) is 30.7 Å². The van der Waals surface area contributed by atoms with Crippen molar-refractivity contribution in [2.24, 2.45) is 0 Å². The van der Waals surface area contributed by atoms with Crippen molar-refractivity contribution in [1.29, 1.82) is 0 Å². The molecule has 3 aromatic rings. The molecule has 2 aromatic heterocycles.